The molecule has 2 heterocycles. The van der Waals surface area contributed by atoms with Crippen LogP contribution in [0.5, 0.6) is 0 Å². The van der Waals surface area contributed by atoms with E-state index in [9.17, 15) is 5.11 Å². The second-order valence-corrected chi connectivity index (χ2v) is 4.72. The molecular formula is C13H20N2O. The summed E-state index contributed by atoms with van der Waals surface area (Å²) in [7, 11) is 0. The molecule has 1 fully saturated rings. The fraction of sp³-hybridized carbons (Fsp3) is 0.615. The van der Waals surface area contributed by atoms with Crippen LogP contribution in [-0.4, -0.2) is 29.3 Å². The van der Waals surface area contributed by atoms with E-state index in [1.165, 1.54) is 5.69 Å². The Morgan fingerprint density at radius 2 is 2.12 bits per heavy atom. The van der Waals surface area contributed by atoms with E-state index in [0.717, 1.165) is 31.6 Å². The first-order valence-corrected chi connectivity index (χ1v) is 6.02. The van der Waals surface area contributed by atoms with Gasteiger partial charge in [0.15, 0.2) is 0 Å². The van der Waals surface area contributed by atoms with Crippen LogP contribution in [0.1, 0.15) is 25.5 Å². The maximum absolute atomic E-state index is 9.55. The van der Waals surface area contributed by atoms with E-state index in [1.54, 1.807) is 0 Å². The first-order chi connectivity index (χ1) is 7.66. The number of hydrogen-bond acceptors (Lipinski definition) is 3. The number of aryl methyl sites for hydroxylation is 1. The van der Waals surface area contributed by atoms with Crippen molar-refractivity contribution in [1.29, 1.82) is 0 Å². The Hall–Kier alpha value is -1.09. The van der Waals surface area contributed by atoms with Gasteiger partial charge in [-0.15, -0.1) is 0 Å². The Labute approximate surface area is 97.1 Å². The number of aliphatic hydroxyl groups is 1. The van der Waals surface area contributed by atoms with Gasteiger partial charge in [-0.25, -0.2) is 0 Å². The minimum atomic E-state index is -0.165. The highest BCUT2D eigenvalue weighted by Gasteiger charge is 2.22. The van der Waals surface area contributed by atoms with Crippen LogP contribution >= 0.6 is 0 Å². The van der Waals surface area contributed by atoms with Crippen molar-refractivity contribution in [3.8, 4) is 0 Å². The van der Waals surface area contributed by atoms with Crippen molar-refractivity contribution in [2.24, 2.45) is 5.92 Å². The molecule has 0 radical (unpaired) electrons. The fourth-order valence-electron chi connectivity index (χ4n) is 2.37. The van der Waals surface area contributed by atoms with Gasteiger partial charge in [-0.05, 0) is 44.7 Å². The summed E-state index contributed by atoms with van der Waals surface area (Å²) < 4.78 is 0. The predicted octanol–water partition coefficient (Wildman–Crippen LogP) is 1.99. The molecule has 0 spiro atoms. The van der Waals surface area contributed by atoms with E-state index >= 15 is 0 Å². The highest BCUT2D eigenvalue weighted by atomic mass is 16.3. The molecular weight excluding hydrogens is 200 g/mol. The zero-order chi connectivity index (χ0) is 11.5. The Bertz CT molecular complexity index is 344. The van der Waals surface area contributed by atoms with Gasteiger partial charge in [-0.2, -0.15) is 0 Å². The lowest BCUT2D eigenvalue weighted by atomic mass is 9.92. The van der Waals surface area contributed by atoms with Crippen LogP contribution in [0.25, 0.3) is 0 Å². The first kappa shape index (κ1) is 11.4. The van der Waals surface area contributed by atoms with Crippen LogP contribution in [0, 0.1) is 12.8 Å². The van der Waals surface area contributed by atoms with Crippen molar-refractivity contribution in [3.63, 3.8) is 0 Å². The van der Waals surface area contributed by atoms with E-state index in [4.69, 9.17) is 0 Å². The lowest BCUT2D eigenvalue weighted by Gasteiger charge is -2.34. The minimum absolute atomic E-state index is 0.165. The zero-order valence-electron chi connectivity index (χ0n) is 10.1. The molecule has 1 atom stereocenters. The van der Waals surface area contributed by atoms with Crippen LogP contribution in [0.15, 0.2) is 18.3 Å². The summed E-state index contributed by atoms with van der Waals surface area (Å²) in [6.07, 6.45) is 3.87. The van der Waals surface area contributed by atoms with Crippen LogP contribution in [0.3, 0.4) is 0 Å². The molecule has 0 saturated carbocycles. The molecule has 3 heteroatoms. The van der Waals surface area contributed by atoms with Crippen molar-refractivity contribution >= 4 is 5.69 Å². The van der Waals surface area contributed by atoms with Gasteiger partial charge in [-0.1, -0.05) is 0 Å². The van der Waals surface area contributed by atoms with Gasteiger partial charge in [0.25, 0.3) is 0 Å². The number of aliphatic hydroxyl groups excluding tert-OH is 1. The molecule has 1 aromatic rings. The normalized spacial score (nSPS) is 19.8. The quantitative estimate of drug-likeness (QED) is 0.828. The zero-order valence-corrected chi connectivity index (χ0v) is 10.1. The summed E-state index contributed by atoms with van der Waals surface area (Å²) in [5.41, 5.74) is 2.33. The molecule has 2 rings (SSSR count). The third kappa shape index (κ3) is 2.53. The summed E-state index contributed by atoms with van der Waals surface area (Å²) in [5, 5.41) is 9.55. The molecule has 1 aliphatic rings. The average molecular weight is 220 g/mol. The molecule has 1 saturated heterocycles. The molecule has 0 amide bonds. The molecule has 1 N–H and O–H groups in total. The Balaban J connectivity index is 1.99. The third-order valence-corrected chi connectivity index (χ3v) is 3.47. The maximum atomic E-state index is 9.55. The second kappa shape index (κ2) is 4.83. The van der Waals surface area contributed by atoms with E-state index in [2.05, 4.69) is 22.0 Å². The maximum Gasteiger partial charge on any atom is 0.0541 e. The van der Waals surface area contributed by atoms with Crippen molar-refractivity contribution in [3.05, 3.63) is 24.0 Å². The summed E-state index contributed by atoms with van der Waals surface area (Å²) in [6.45, 7) is 6.00. The van der Waals surface area contributed by atoms with Gasteiger partial charge in [-0.3, -0.25) is 4.98 Å². The Morgan fingerprint density at radius 1 is 1.44 bits per heavy atom. The predicted molar refractivity (Wildman–Crippen MR) is 65.6 cm³/mol. The first-order valence-electron chi connectivity index (χ1n) is 6.02. The average Bonchev–Trinajstić information content (AvgIpc) is 2.29. The van der Waals surface area contributed by atoms with Gasteiger partial charge < -0.3 is 10.0 Å². The van der Waals surface area contributed by atoms with Gasteiger partial charge in [0.1, 0.15) is 0 Å². The molecule has 1 unspecified atom stereocenters. The van der Waals surface area contributed by atoms with E-state index < -0.39 is 0 Å². The monoisotopic (exact) mass is 220 g/mol. The van der Waals surface area contributed by atoms with Gasteiger partial charge in [0, 0.05) is 30.7 Å². The number of piperidine rings is 1. The third-order valence-electron chi connectivity index (χ3n) is 3.47. The minimum Gasteiger partial charge on any atom is -0.393 e. The van der Waals surface area contributed by atoms with Crippen LogP contribution in [-0.2, 0) is 0 Å². The Kier molecular flexibility index (Phi) is 3.44. The number of hydrogen-bond donors (Lipinski definition) is 1. The smallest absolute Gasteiger partial charge is 0.0541 e. The molecule has 16 heavy (non-hydrogen) atoms. The second-order valence-electron chi connectivity index (χ2n) is 4.72. The summed E-state index contributed by atoms with van der Waals surface area (Å²) in [4.78, 5) is 6.59. The number of aromatic nitrogens is 1. The van der Waals surface area contributed by atoms with Crippen molar-refractivity contribution in [2.75, 3.05) is 18.0 Å². The molecule has 0 aromatic carbocycles. The van der Waals surface area contributed by atoms with E-state index in [0.29, 0.717) is 5.92 Å². The van der Waals surface area contributed by atoms with Crippen LogP contribution in [0.4, 0.5) is 5.69 Å². The van der Waals surface area contributed by atoms with Crippen LogP contribution < -0.4 is 4.90 Å². The lowest BCUT2D eigenvalue weighted by Crippen LogP contribution is -2.37. The molecule has 0 bridgehead atoms. The molecule has 1 aliphatic heterocycles. The van der Waals surface area contributed by atoms with Gasteiger partial charge >= 0.3 is 0 Å². The van der Waals surface area contributed by atoms with Crippen molar-refractivity contribution < 1.29 is 5.11 Å². The van der Waals surface area contributed by atoms with Gasteiger partial charge in [0.05, 0.1) is 6.10 Å². The molecule has 1 aromatic heterocycles. The summed E-state index contributed by atoms with van der Waals surface area (Å²) >= 11 is 0. The highest BCUT2D eigenvalue weighted by Crippen LogP contribution is 2.25. The lowest BCUT2D eigenvalue weighted by molar-refractivity contribution is 0.110. The largest absolute Gasteiger partial charge is 0.393 e. The summed E-state index contributed by atoms with van der Waals surface area (Å²) in [6, 6.07) is 4.19. The van der Waals surface area contributed by atoms with E-state index in [1.807, 2.05) is 20.0 Å². The topological polar surface area (TPSA) is 36.4 Å². The Morgan fingerprint density at radius 3 is 2.69 bits per heavy atom. The number of rotatable bonds is 2. The number of nitrogens with zero attached hydrogens (tertiary/aromatic N) is 2. The van der Waals surface area contributed by atoms with E-state index in [-0.39, 0.29) is 6.10 Å². The van der Waals surface area contributed by atoms with Gasteiger partial charge in [0.2, 0.25) is 0 Å². The molecule has 0 aliphatic carbocycles. The highest BCUT2D eigenvalue weighted by molar-refractivity contribution is 5.46. The molecule has 3 nitrogen and oxygen atoms in total. The number of pyridine rings is 1. The standard InChI is InChI=1S/C13H20N2O/c1-10-9-13(3-6-14-10)15-7-4-12(5-8-15)11(2)16/h3,6,9,11-12,16H,4-5,7-8H2,1-2H3. The number of anilines is 1. The van der Waals surface area contributed by atoms with Crippen LogP contribution in [0.2, 0.25) is 0 Å². The van der Waals surface area contributed by atoms with Crippen molar-refractivity contribution in [1.82, 2.24) is 4.98 Å². The summed E-state index contributed by atoms with van der Waals surface area (Å²) in [5.74, 6) is 0.471. The van der Waals surface area contributed by atoms with Crippen molar-refractivity contribution in [2.45, 2.75) is 32.8 Å². The SMILES string of the molecule is Cc1cc(N2CCC(C(C)O)CC2)ccn1. The molecule has 88 valence electrons. The fourth-order valence-corrected chi connectivity index (χ4v) is 2.37.